The number of rotatable bonds is 4. The lowest BCUT2D eigenvalue weighted by molar-refractivity contribution is -0.384. The topological polar surface area (TPSA) is 81.8 Å². The molecule has 10 heteroatoms. The molecule has 21 heavy (non-hydrogen) atoms. The van der Waals surface area contributed by atoms with Crippen LogP contribution in [-0.2, 0) is 9.53 Å². The van der Waals surface area contributed by atoms with E-state index in [0.717, 1.165) is 25.3 Å². The molecule has 0 heterocycles. The number of benzene rings is 1. The Morgan fingerprint density at radius 2 is 2.10 bits per heavy atom. The maximum absolute atomic E-state index is 12.8. The zero-order chi connectivity index (χ0) is 16.2. The first-order valence-electron chi connectivity index (χ1n) is 5.30. The van der Waals surface area contributed by atoms with Crippen molar-refractivity contribution in [2.24, 2.45) is 4.99 Å². The molecule has 1 aromatic rings. The third kappa shape index (κ3) is 4.95. The summed E-state index contributed by atoms with van der Waals surface area (Å²) in [6.45, 7) is 0. The van der Waals surface area contributed by atoms with Gasteiger partial charge in [0.25, 0.3) is 5.69 Å². The molecule has 0 spiro atoms. The van der Waals surface area contributed by atoms with Crippen LogP contribution in [0.5, 0.6) is 0 Å². The number of non-ortho nitro benzene ring substituents is 1. The number of esters is 1. The number of nitrogens with zero attached hydrogens (tertiary/aromatic N) is 2. The molecule has 0 unspecified atom stereocenters. The molecule has 0 amide bonds. The summed E-state index contributed by atoms with van der Waals surface area (Å²) in [5, 5.41) is 10.6. The Morgan fingerprint density at radius 1 is 1.48 bits per heavy atom. The number of nitro groups is 1. The van der Waals surface area contributed by atoms with Gasteiger partial charge in [-0.3, -0.25) is 14.9 Å². The summed E-state index contributed by atoms with van der Waals surface area (Å²) >= 11 is 1.63. The number of ether oxygens (including phenoxy) is 1. The van der Waals surface area contributed by atoms with E-state index in [1.165, 1.54) is 0 Å². The number of halogens is 4. The van der Waals surface area contributed by atoms with Crippen LogP contribution in [-0.4, -0.2) is 29.9 Å². The van der Waals surface area contributed by atoms with Crippen LogP contribution in [0.4, 0.5) is 24.5 Å². The fraction of sp³-hybridized carbons (Fsp3) is 0.273. The largest absolute Gasteiger partial charge is 0.469 e. The normalized spacial score (nSPS) is 12.1. The highest BCUT2D eigenvalue weighted by molar-refractivity contribution is 14.1. The van der Waals surface area contributed by atoms with Crippen molar-refractivity contribution < 1.29 is 27.6 Å². The van der Waals surface area contributed by atoms with Crippen LogP contribution in [0.3, 0.4) is 0 Å². The Labute approximate surface area is 130 Å². The van der Waals surface area contributed by atoms with Gasteiger partial charge in [0.2, 0.25) is 0 Å². The molecule has 0 radical (unpaired) electrons. The first kappa shape index (κ1) is 17.3. The number of aliphatic imine (C=N–C) groups is 1. The maximum atomic E-state index is 12.8. The van der Waals surface area contributed by atoms with E-state index in [2.05, 4.69) is 9.73 Å². The van der Waals surface area contributed by atoms with Crippen LogP contribution in [0.2, 0.25) is 0 Å². The lowest BCUT2D eigenvalue weighted by Gasteiger charge is -2.10. The highest BCUT2D eigenvalue weighted by Crippen LogP contribution is 2.29. The first-order valence-corrected chi connectivity index (χ1v) is 6.38. The summed E-state index contributed by atoms with van der Waals surface area (Å²) in [7, 11) is 0.964. The van der Waals surface area contributed by atoms with Gasteiger partial charge in [-0.05, 0) is 28.7 Å². The Bertz CT molecular complexity index is 602. The van der Waals surface area contributed by atoms with Crippen molar-refractivity contribution in [2.45, 2.75) is 12.6 Å². The van der Waals surface area contributed by atoms with Crippen molar-refractivity contribution in [3.05, 3.63) is 31.9 Å². The lowest BCUT2D eigenvalue weighted by Crippen LogP contribution is -2.26. The standard InChI is InChI=1S/C11H8F3IN2O4/c1-21-10(18)5-9(11(12,13)14)16-8-3-2-6(17(19)20)4-7(8)15/h2-4H,5H2,1H3. The first-order chi connectivity index (χ1) is 9.65. The van der Waals surface area contributed by atoms with E-state index in [9.17, 15) is 28.1 Å². The second-order valence-corrected chi connectivity index (χ2v) is 4.86. The van der Waals surface area contributed by atoms with E-state index in [1.54, 1.807) is 22.6 Å². The molecule has 0 fully saturated rings. The number of alkyl halides is 3. The molecule has 114 valence electrons. The summed E-state index contributed by atoms with van der Waals surface area (Å²) < 4.78 is 42.7. The molecule has 0 aromatic heterocycles. The van der Waals surface area contributed by atoms with Gasteiger partial charge < -0.3 is 4.74 Å². The average Bonchev–Trinajstić information content (AvgIpc) is 2.38. The molecule has 0 saturated heterocycles. The van der Waals surface area contributed by atoms with Gasteiger partial charge in [0.1, 0.15) is 5.71 Å². The van der Waals surface area contributed by atoms with E-state index < -0.39 is 29.2 Å². The van der Waals surface area contributed by atoms with Gasteiger partial charge in [-0.1, -0.05) is 0 Å². The summed E-state index contributed by atoms with van der Waals surface area (Å²) in [6, 6.07) is 3.21. The van der Waals surface area contributed by atoms with Crippen molar-refractivity contribution in [3.63, 3.8) is 0 Å². The Kier molecular flexibility index (Phi) is 5.63. The third-order valence-corrected chi connectivity index (χ3v) is 3.13. The van der Waals surface area contributed by atoms with Gasteiger partial charge in [0, 0.05) is 15.7 Å². The van der Waals surface area contributed by atoms with Gasteiger partial charge >= 0.3 is 12.1 Å². The van der Waals surface area contributed by atoms with Crippen LogP contribution >= 0.6 is 22.6 Å². The molecule has 0 bridgehead atoms. The van der Waals surface area contributed by atoms with Crippen molar-refractivity contribution in [2.75, 3.05) is 7.11 Å². The molecule has 1 rings (SSSR count). The molecule has 0 N–H and O–H groups in total. The van der Waals surface area contributed by atoms with Gasteiger partial charge in [0.15, 0.2) is 0 Å². The smallest absolute Gasteiger partial charge is 0.430 e. The van der Waals surface area contributed by atoms with Gasteiger partial charge in [-0.15, -0.1) is 0 Å². The molecule has 1 aromatic carbocycles. The molecule has 0 aliphatic heterocycles. The fourth-order valence-electron chi connectivity index (χ4n) is 1.26. The molecule has 0 aliphatic carbocycles. The number of hydrogen-bond donors (Lipinski definition) is 0. The molecule has 0 atom stereocenters. The Morgan fingerprint density at radius 3 is 2.52 bits per heavy atom. The molecule has 6 nitrogen and oxygen atoms in total. The van der Waals surface area contributed by atoms with Crippen molar-refractivity contribution in [1.29, 1.82) is 0 Å². The minimum absolute atomic E-state index is 0.113. The highest BCUT2D eigenvalue weighted by Gasteiger charge is 2.37. The number of carbonyl (C=O) groups excluding carboxylic acids is 1. The van der Waals surface area contributed by atoms with E-state index in [1.807, 2.05) is 0 Å². The number of hydrogen-bond acceptors (Lipinski definition) is 5. The average molecular weight is 416 g/mol. The van der Waals surface area contributed by atoms with Crippen LogP contribution < -0.4 is 0 Å². The summed E-state index contributed by atoms with van der Waals surface area (Å²) in [4.78, 5) is 24.3. The van der Waals surface area contributed by atoms with E-state index in [0.29, 0.717) is 0 Å². The van der Waals surface area contributed by atoms with Crippen molar-refractivity contribution in [1.82, 2.24) is 0 Å². The minimum atomic E-state index is -4.81. The monoisotopic (exact) mass is 416 g/mol. The van der Waals surface area contributed by atoms with E-state index in [-0.39, 0.29) is 14.9 Å². The van der Waals surface area contributed by atoms with E-state index >= 15 is 0 Å². The third-order valence-electron chi connectivity index (χ3n) is 2.26. The SMILES string of the molecule is COC(=O)CC(=Nc1ccc([N+](=O)[O-])cc1I)C(F)(F)F. The molecule has 0 saturated carbocycles. The fourth-order valence-corrected chi connectivity index (χ4v) is 1.88. The predicted molar refractivity (Wildman–Crippen MR) is 75.6 cm³/mol. The molecular formula is C11H8F3IN2O4. The van der Waals surface area contributed by atoms with Crippen molar-refractivity contribution in [3.8, 4) is 0 Å². The lowest BCUT2D eigenvalue weighted by atomic mass is 10.2. The maximum Gasteiger partial charge on any atom is 0.430 e. The van der Waals surface area contributed by atoms with Crippen LogP contribution in [0.1, 0.15) is 6.42 Å². The zero-order valence-corrected chi connectivity index (χ0v) is 12.6. The van der Waals surface area contributed by atoms with Gasteiger partial charge in [0.05, 0.1) is 24.1 Å². The molecular weight excluding hydrogens is 408 g/mol. The zero-order valence-electron chi connectivity index (χ0n) is 10.5. The van der Waals surface area contributed by atoms with Gasteiger partial charge in [-0.2, -0.15) is 13.2 Å². The summed E-state index contributed by atoms with van der Waals surface area (Å²) in [5.74, 6) is -1.08. The number of carbonyl (C=O) groups is 1. The minimum Gasteiger partial charge on any atom is -0.469 e. The van der Waals surface area contributed by atoms with E-state index in [4.69, 9.17) is 0 Å². The van der Waals surface area contributed by atoms with Crippen LogP contribution in [0, 0.1) is 13.7 Å². The highest BCUT2D eigenvalue weighted by atomic mass is 127. The van der Waals surface area contributed by atoms with Crippen molar-refractivity contribution >= 4 is 45.6 Å². The number of methoxy groups -OCH3 is 1. The second-order valence-electron chi connectivity index (χ2n) is 3.70. The summed E-state index contributed by atoms with van der Waals surface area (Å²) in [6.07, 6.45) is -5.84. The summed E-state index contributed by atoms with van der Waals surface area (Å²) in [5.41, 5.74) is -1.71. The van der Waals surface area contributed by atoms with Crippen LogP contribution in [0.25, 0.3) is 0 Å². The van der Waals surface area contributed by atoms with Gasteiger partial charge in [-0.25, -0.2) is 4.99 Å². The Hall–Kier alpha value is -1.72. The second kappa shape index (κ2) is 6.83. The van der Waals surface area contributed by atoms with Crippen LogP contribution in [0.15, 0.2) is 23.2 Å². The molecule has 0 aliphatic rings. The number of nitro benzene ring substituents is 1. The quantitative estimate of drug-likeness (QED) is 0.248. The predicted octanol–water partition coefficient (Wildman–Crippen LogP) is 3.40. The Balaban J connectivity index is 3.22.